The minimum atomic E-state index is -0.291. The summed E-state index contributed by atoms with van der Waals surface area (Å²) >= 11 is 0. The van der Waals surface area contributed by atoms with Crippen LogP contribution in [0.25, 0.3) is 11.1 Å². The number of carbonyl (C=O) groups is 1. The maximum Gasteiger partial charge on any atom is 0.269 e. The van der Waals surface area contributed by atoms with E-state index in [1.165, 1.54) is 12.1 Å². The normalized spacial score (nSPS) is 10.1. The zero-order valence-corrected chi connectivity index (χ0v) is 9.98. The van der Waals surface area contributed by atoms with Crippen LogP contribution in [-0.4, -0.2) is 17.4 Å². The fourth-order valence-corrected chi connectivity index (χ4v) is 1.62. The molecule has 1 N–H and O–H groups in total. The van der Waals surface area contributed by atoms with Gasteiger partial charge in [0.05, 0.1) is 0 Å². The number of carbonyl (C=O) groups excluding carboxylic acids is 1. The Kier molecular flexibility index (Phi) is 3.67. The molecule has 1 aromatic heterocycles. The SMILES string of the molecule is CCNC(=O)c1ccc(-c2cccc(F)c2)cn1. The van der Waals surface area contributed by atoms with Gasteiger partial charge in [0.2, 0.25) is 0 Å². The number of halogens is 1. The highest BCUT2D eigenvalue weighted by molar-refractivity contribution is 5.92. The van der Waals surface area contributed by atoms with Gasteiger partial charge < -0.3 is 5.32 Å². The Bertz CT molecular complexity index is 552. The van der Waals surface area contributed by atoms with Crippen LogP contribution in [-0.2, 0) is 0 Å². The van der Waals surface area contributed by atoms with Crippen LogP contribution in [0, 0.1) is 5.82 Å². The number of amides is 1. The summed E-state index contributed by atoms with van der Waals surface area (Å²) < 4.78 is 13.1. The zero-order valence-electron chi connectivity index (χ0n) is 9.98. The molecule has 0 bridgehead atoms. The van der Waals surface area contributed by atoms with Gasteiger partial charge in [0.25, 0.3) is 5.91 Å². The van der Waals surface area contributed by atoms with Gasteiger partial charge in [-0.25, -0.2) is 4.39 Å². The lowest BCUT2D eigenvalue weighted by Crippen LogP contribution is -2.23. The molecule has 92 valence electrons. The molecule has 3 nitrogen and oxygen atoms in total. The van der Waals surface area contributed by atoms with E-state index >= 15 is 0 Å². The number of benzene rings is 1. The van der Waals surface area contributed by atoms with Crippen LogP contribution in [0.2, 0.25) is 0 Å². The Morgan fingerprint density at radius 1 is 1.28 bits per heavy atom. The maximum atomic E-state index is 13.1. The number of hydrogen-bond acceptors (Lipinski definition) is 2. The molecule has 18 heavy (non-hydrogen) atoms. The van der Waals surface area contributed by atoms with Gasteiger partial charge in [0.15, 0.2) is 0 Å². The van der Waals surface area contributed by atoms with Crippen LogP contribution in [0.3, 0.4) is 0 Å². The number of pyridine rings is 1. The number of nitrogens with zero attached hydrogens (tertiary/aromatic N) is 1. The molecule has 0 aliphatic rings. The first-order valence-corrected chi connectivity index (χ1v) is 5.71. The summed E-state index contributed by atoms with van der Waals surface area (Å²) in [6.45, 7) is 2.41. The Morgan fingerprint density at radius 2 is 2.11 bits per heavy atom. The van der Waals surface area contributed by atoms with Gasteiger partial charge in [0, 0.05) is 18.3 Å². The molecule has 4 heteroatoms. The first kappa shape index (κ1) is 12.2. The van der Waals surface area contributed by atoms with Crippen LogP contribution in [0.4, 0.5) is 4.39 Å². The Hall–Kier alpha value is -2.23. The molecule has 1 heterocycles. The molecular formula is C14H13FN2O. The number of hydrogen-bond donors (Lipinski definition) is 1. The summed E-state index contributed by atoms with van der Waals surface area (Å²) in [5.74, 6) is -0.497. The first-order valence-electron chi connectivity index (χ1n) is 5.71. The van der Waals surface area contributed by atoms with E-state index in [2.05, 4.69) is 10.3 Å². The third-order valence-corrected chi connectivity index (χ3v) is 2.49. The molecule has 0 aliphatic heterocycles. The predicted molar refractivity (Wildman–Crippen MR) is 67.6 cm³/mol. The summed E-state index contributed by atoms with van der Waals surface area (Å²) in [6.07, 6.45) is 1.57. The summed E-state index contributed by atoms with van der Waals surface area (Å²) in [4.78, 5) is 15.6. The molecule has 0 aliphatic carbocycles. The smallest absolute Gasteiger partial charge is 0.269 e. The maximum absolute atomic E-state index is 13.1. The van der Waals surface area contributed by atoms with E-state index in [1.54, 1.807) is 30.5 Å². The average molecular weight is 244 g/mol. The third kappa shape index (κ3) is 2.71. The minimum absolute atomic E-state index is 0.205. The van der Waals surface area contributed by atoms with E-state index in [1.807, 2.05) is 6.92 Å². The van der Waals surface area contributed by atoms with Crippen molar-refractivity contribution in [1.82, 2.24) is 10.3 Å². The van der Waals surface area contributed by atoms with Crippen molar-refractivity contribution < 1.29 is 9.18 Å². The Morgan fingerprint density at radius 3 is 2.72 bits per heavy atom. The summed E-state index contributed by atoms with van der Waals surface area (Å²) in [6, 6.07) is 9.65. The molecule has 0 unspecified atom stereocenters. The van der Waals surface area contributed by atoms with Crippen molar-refractivity contribution >= 4 is 5.91 Å². The van der Waals surface area contributed by atoms with E-state index in [0.717, 1.165) is 11.1 Å². The molecule has 0 fully saturated rings. The molecule has 0 atom stereocenters. The van der Waals surface area contributed by atoms with Crippen LogP contribution in [0.15, 0.2) is 42.6 Å². The topological polar surface area (TPSA) is 42.0 Å². The quantitative estimate of drug-likeness (QED) is 0.901. The van der Waals surface area contributed by atoms with Gasteiger partial charge in [0.1, 0.15) is 11.5 Å². The van der Waals surface area contributed by atoms with Crippen LogP contribution >= 0.6 is 0 Å². The molecule has 0 spiro atoms. The van der Waals surface area contributed by atoms with Crippen molar-refractivity contribution in [2.75, 3.05) is 6.54 Å². The predicted octanol–water partition coefficient (Wildman–Crippen LogP) is 2.64. The van der Waals surface area contributed by atoms with Gasteiger partial charge >= 0.3 is 0 Å². The molecular weight excluding hydrogens is 231 g/mol. The van der Waals surface area contributed by atoms with Gasteiger partial charge in [-0.05, 0) is 30.7 Å². The van der Waals surface area contributed by atoms with Gasteiger partial charge in [-0.15, -0.1) is 0 Å². The number of nitrogens with one attached hydrogen (secondary N) is 1. The van der Waals surface area contributed by atoms with E-state index in [4.69, 9.17) is 0 Å². The van der Waals surface area contributed by atoms with E-state index in [9.17, 15) is 9.18 Å². The lowest BCUT2D eigenvalue weighted by atomic mass is 10.1. The van der Waals surface area contributed by atoms with Crippen molar-refractivity contribution in [2.24, 2.45) is 0 Å². The van der Waals surface area contributed by atoms with E-state index in [-0.39, 0.29) is 11.7 Å². The molecule has 1 aromatic carbocycles. The Labute approximate surface area is 105 Å². The Balaban J connectivity index is 2.25. The molecule has 0 radical (unpaired) electrons. The van der Waals surface area contributed by atoms with Crippen LogP contribution in [0.5, 0.6) is 0 Å². The third-order valence-electron chi connectivity index (χ3n) is 2.49. The largest absolute Gasteiger partial charge is 0.351 e. The fraction of sp³-hybridized carbons (Fsp3) is 0.143. The monoisotopic (exact) mass is 244 g/mol. The van der Waals surface area contributed by atoms with Crippen molar-refractivity contribution in [3.63, 3.8) is 0 Å². The van der Waals surface area contributed by atoms with Crippen molar-refractivity contribution in [2.45, 2.75) is 6.92 Å². The summed E-state index contributed by atoms with van der Waals surface area (Å²) in [5, 5.41) is 2.67. The number of rotatable bonds is 3. The molecule has 2 aromatic rings. The summed E-state index contributed by atoms with van der Waals surface area (Å²) in [5.41, 5.74) is 1.88. The second kappa shape index (κ2) is 5.40. The lowest BCUT2D eigenvalue weighted by molar-refractivity contribution is 0.0951. The highest BCUT2D eigenvalue weighted by atomic mass is 19.1. The molecule has 1 amide bonds. The fourth-order valence-electron chi connectivity index (χ4n) is 1.62. The summed E-state index contributed by atoms with van der Waals surface area (Å²) in [7, 11) is 0. The standard InChI is InChI=1S/C14H13FN2O/c1-2-16-14(18)13-7-6-11(9-17-13)10-4-3-5-12(15)8-10/h3-9H,2H2,1H3,(H,16,18). The van der Waals surface area contributed by atoms with E-state index in [0.29, 0.717) is 12.2 Å². The van der Waals surface area contributed by atoms with Gasteiger partial charge in [-0.1, -0.05) is 18.2 Å². The van der Waals surface area contributed by atoms with Crippen molar-refractivity contribution in [1.29, 1.82) is 0 Å². The van der Waals surface area contributed by atoms with Crippen LogP contribution < -0.4 is 5.32 Å². The second-order valence-corrected chi connectivity index (χ2v) is 3.80. The lowest BCUT2D eigenvalue weighted by Gasteiger charge is -2.04. The molecule has 0 saturated carbocycles. The van der Waals surface area contributed by atoms with E-state index < -0.39 is 0 Å². The van der Waals surface area contributed by atoms with Crippen molar-refractivity contribution in [3.05, 3.63) is 54.1 Å². The molecule has 0 saturated heterocycles. The zero-order chi connectivity index (χ0) is 13.0. The van der Waals surface area contributed by atoms with Gasteiger partial charge in [-0.2, -0.15) is 0 Å². The highest BCUT2D eigenvalue weighted by Gasteiger charge is 2.06. The second-order valence-electron chi connectivity index (χ2n) is 3.80. The van der Waals surface area contributed by atoms with Gasteiger partial charge in [-0.3, -0.25) is 9.78 Å². The number of aromatic nitrogens is 1. The average Bonchev–Trinajstić information content (AvgIpc) is 2.39. The molecule has 2 rings (SSSR count). The van der Waals surface area contributed by atoms with Crippen molar-refractivity contribution in [3.8, 4) is 11.1 Å². The minimum Gasteiger partial charge on any atom is -0.351 e. The first-order chi connectivity index (χ1) is 8.70. The van der Waals surface area contributed by atoms with Crippen LogP contribution in [0.1, 0.15) is 17.4 Å². The highest BCUT2D eigenvalue weighted by Crippen LogP contribution is 2.19.